The predicted molar refractivity (Wildman–Crippen MR) is 84.9 cm³/mol. The van der Waals surface area contributed by atoms with Crippen LogP contribution >= 0.6 is 27.7 Å². The average Bonchev–Trinajstić information content (AvgIpc) is 2.93. The lowest BCUT2D eigenvalue weighted by atomic mass is 10.1. The highest BCUT2D eigenvalue weighted by molar-refractivity contribution is 9.10. The molecule has 7 heteroatoms. The molecule has 3 aromatic rings. The summed E-state index contributed by atoms with van der Waals surface area (Å²) < 4.78 is 2.82. The number of nitrogens with zero attached hydrogens (tertiary/aromatic N) is 3. The van der Waals surface area contributed by atoms with Crippen LogP contribution < -0.4 is 0 Å². The van der Waals surface area contributed by atoms with E-state index in [0.717, 1.165) is 32.7 Å². The third-order valence-corrected chi connectivity index (χ3v) is 4.33. The van der Waals surface area contributed by atoms with Crippen LogP contribution in [0.4, 0.5) is 0 Å². The first kappa shape index (κ1) is 14.1. The van der Waals surface area contributed by atoms with Crippen molar-refractivity contribution in [2.24, 2.45) is 0 Å². The molecule has 1 aromatic heterocycles. The Hall–Kier alpha value is -1.86. The number of halogens is 1. The number of carboxylic acid groups (broad SMARTS) is 1. The van der Waals surface area contributed by atoms with Gasteiger partial charge in [-0.3, -0.25) is 9.36 Å². The number of benzene rings is 2. The van der Waals surface area contributed by atoms with E-state index < -0.39 is 5.97 Å². The Morgan fingerprint density at radius 3 is 2.81 bits per heavy atom. The van der Waals surface area contributed by atoms with Crippen molar-refractivity contribution in [2.75, 3.05) is 5.75 Å². The van der Waals surface area contributed by atoms with Crippen molar-refractivity contribution < 1.29 is 9.90 Å². The molecule has 0 saturated carbocycles. The maximum atomic E-state index is 10.7. The summed E-state index contributed by atoms with van der Waals surface area (Å²) in [4.78, 5) is 10.7. The van der Waals surface area contributed by atoms with Gasteiger partial charge in [-0.25, -0.2) is 0 Å². The number of aliphatic carboxylic acids is 1. The standard InChI is InChI=1S/C14H10BrN3O2S/c15-11-3-1-10-6-12(4-2-9(10)5-11)18-8-16-17-14(18)21-7-13(19)20/h1-6,8H,7H2,(H,19,20). The van der Waals surface area contributed by atoms with Crippen LogP contribution in [0.25, 0.3) is 16.5 Å². The number of rotatable bonds is 4. The minimum atomic E-state index is -0.877. The van der Waals surface area contributed by atoms with E-state index >= 15 is 0 Å². The third kappa shape index (κ3) is 3.08. The summed E-state index contributed by atoms with van der Waals surface area (Å²) in [6.07, 6.45) is 1.59. The molecule has 0 spiro atoms. The van der Waals surface area contributed by atoms with Gasteiger partial charge in [0.05, 0.1) is 5.75 Å². The smallest absolute Gasteiger partial charge is 0.313 e. The van der Waals surface area contributed by atoms with Crippen LogP contribution in [0.2, 0.25) is 0 Å². The van der Waals surface area contributed by atoms with E-state index in [4.69, 9.17) is 5.11 Å². The Morgan fingerprint density at radius 1 is 1.24 bits per heavy atom. The Kier molecular flexibility index (Phi) is 3.94. The zero-order valence-corrected chi connectivity index (χ0v) is 13.1. The fourth-order valence-corrected chi connectivity index (χ4v) is 3.01. The molecule has 0 aliphatic heterocycles. The van der Waals surface area contributed by atoms with E-state index in [1.807, 2.05) is 36.4 Å². The normalized spacial score (nSPS) is 10.9. The number of hydrogen-bond acceptors (Lipinski definition) is 4. The Balaban J connectivity index is 1.99. The fourth-order valence-electron chi connectivity index (χ4n) is 1.98. The van der Waals surface area contributed by atoms with E-state index in [9.17, 15) is 4.79 Å². The highest BCUT2D eigenvalue weighted by Crippen LogP contribution is 2.25. The molecular weight excluding hydrogens is 354 g/mol. The monoisotopic (exact) mass is 363 g/mol. The van der Waals surface area contributed by atoms with Gasteiger partial charge in [-0.15, -0.1) is 10.2 Å². The molecule has 0 radical (unpaired) electrons. The second-order valence-electron chi connectivity index (χ2n) is 4.34. The SMILES string of the molecule is O=C(O)CSc1nncn1-c1ccc2cc(Br)ccc2c1. The summed E-state index contributed by atoms with van der Waals surface area (Å²) >= 11 is 4.60. The van der Waals surface area contributed by atoms with E-state index in [-0.39, 0.29) is 5.75 Å². The molecule has 0 fully saturated rings. The lowest BCUT2D eigenvalue weighted by Crippen LogP contribution is -2.01. The molecule has 3 rings (SSSR count). The lowest BCUT2D eigenvalue weighted by Gasteiger charge is -2.07. The molecule has 0 aliphatic carbocycles. The highest BCUT2D eigenvalue weighted by atomic mass is 79.9. The first-order valence-electron chi connectivity index (χ1n) is 6.08. The number of thioether (sulfide) groups is 1. The molecule has 5 nitrogen and oxygen atoms in total. The quantitative estimate of drug-likeness (QED) is 0.719. The minimum absolute atomic E-state index is 0.0424. The van der Waals surface area contributed by atoms with Gasteiger partial charge in [0, 0.05) is 10.2 Å². The van der Waals surface area contributed by atoms with Gasteiger partial charge >= 0.3 is 5.97 Å². The molecule has 0 amide bonds. The van der Waals surface area contributed by atoms with Crippen molar-refractivity contribution in [3.63, 3.8) is 0 Å². The van der Waals surface area contributed by atoms with Gasteiger partial charge < -0.3 is 5.11 Å². The van der Waals surface area contributed by atoms with Crippen molar-refractivity contribution in [1.82, 2.24) is 14.8 Å². The molecule has 106 valence electrons. The van der Waals surface area contributed by atoms with Crippen LogP contribution in [0.3, 0.4) is 0 Å². The topological polar surface area (TPSA) is 68.0 Å². The molecule has 0 unspecified atom stereocenters. The minimum Gasteiger partial charge on any atom is -0.481 e. The van der Waals surface area contributed by atoms with Crippen LogP contribution in [0.1, 0.15) is 0 Å². The number of aromatic nitrogens is 3. The van der Waals surface area contributed by atoms with Crippen molar-refractivity contribution in [2.45, 2.75) is 5.16 Å². The van der Waals surface area contributed by atoms with Gasteiger partial charge in [-0.2, -0.15) is 0 Å². The zero-order chi connectivity index (χ0) is 14.8. The van der Waals surface area contributed by atoms with Crippen molar-refractivity contribution in [1.29, 1.82) is 0 Å². The van der Waals surface area contributed by atoms with Gasteiger partial charge in [0.2, 0.25) is 0 Å². The molecule has 1 N–H and O–H groups in total. The number of hydrogen-bond donors (Lipinski definition) is 1. The van der Waals surface area contributed by atoms with Crippen LogP contribution in [-0.4, -0.2) is 31.6 Å². The van der Waals surface area contributed by atoms with E-state index in [1.54, 1.807) is 10.9 Å². The summed E-state index contributed by atoms with van der Waals surface area (Å²) in [7, 11) is 0. The first-order valence-corrected chi connectivity index (χ1v) is 7.85. The molecule has 21 heavy (non-hydrogen) atoms. The molecule has 1 heterocycles. The summed E-state index contributed by atoms with van der Waals surface area (Å²) in [5.41, 5.74) is 0.905. The summed E-state index contributed by atoms with van der Waals surface area (Å²) in [5.74, 6) is -0.919. The molecule has 0 saturated heterocycles. The Morgan fingerprint density at radius 2 is 2.00 bits per heavy atom. The third-order valence-electron chi connectivity index (χ3n) is 2.91. The molecule has 0 bridgehead atoms. The van der Waals surface area contributed by atoms with E-state index in [0.29, 0.717) is 5.16 Å². The lowest BCUT2D eigenvalue weighted by molar-refractivity contribution is -0.133. The molecule has 2 aromatic carbocycles. The largest absolute Gasteiger partial charge is 0.481 e. The van der Waals surface area contributed by atoms with Crippen LogP contribution in [-0.2, 0) is 4.79 Å². The highest BCUT2D eigenvalue weighted by Gasteiger charge is 2.09. The fraction of sp³-hybridized carbons (Fsp3) is 0.0714. The molecule has 0 aliphatic rings. The number of carboxylic acids is 1. The van der Waals surface area contributed by atoms with Crippen LogP contribution in [0.15, 0.2) is 52.4 Å². The maximum Gasteiger partial charge on any atom is 0.313 e. The van der Waals surface area contributed by atoms with Crippen molar-refractivity contribution >= 4 is 44.4 Å². The van der Waals surface area contributed by atoms with Gasteiger partial charge in [0.15, 0.2) is 5.16 Å². The molecular formula is C14H10BrN3O2S. The van der Waals surface area contributed by atoms with E-state index in [1.165, 1.54) is 0 Å². The Bertz CT molecular complexity index is 819. The second kappa shape index (κ2) is 5.87. The number of fused-ring (bicyclic) bond motifs is 1. The van der Waals surface area contributed by atoms with E-state index in [2.05, 4.69) is 26.1 Å². The van der Waals surface area contributed by atoms with Gasteiger partial charge in [0.1, 0.15) is 6.33 Å². The summed E-state index contributed by atoms with van der Waals surface area (Å²) in [5, 5.41) is 19.4. The van der Waals surface area contributed by atoms with Crippen molar-refractivity contribution in [3.8, 4) is 5.69 Å². The number of carbonyl (C=O) groups is 1. The predicted octanol–water partition coefficient (Wildman–Crippen LogP) is 3.36. The van der Waals surface area contributed by atoms with Crippen molar-refractivity contribution in [3.05, 3.63) is 47.2 Å². The second-order valence-corrected chi connectivity index (χ2v) is 6.20. The summed E-state index contributed by atoms with van der Waals surface area (Å²) in [6.45, 7) is 0. The zero-order valence-electron chi connectivity index (χ0n) is 10.7. The molecule has 0 atom stereocenters. The van der Waals surface area contributed by atoms with Gasteiger partial charge in [-0.1, -0.05) is 39.8 Å². The van der Waals surface area contributed by atoms with Gasteiger partial charge in [0.25, 0.3) is 0 Å². The Labute approximate surface area is 133 Å². The summed E-state index contributed by atoms with van der Waals surface area (Å²) in [6, 6.07) is 12.1. The first-order chi connectivity index (χ1) is 10.1. The average molecular weight is 364 g/mol. The van der Waals surface area contributed by atoms with Gasteiger partial charge in [-0.05, 0) is 35.0 Å². The van der Waals surface area contributed by atoms with Crippen LogP contribution in [0, 0.1) is 0 Å². The maximum absolute atomic E-state index is 10.7. The van der Waals surface area contributed by atoms with Crippen LogP contribution in [0.5, 0.6) is 0 Å².